The molecule has 1 aromatic heterocycles. The summed E-state index contributed by atoms with van der Waals surface area (Å²) in [7, 11) is -4.84. The summed E-state index contributed by atoms with van der Waals surface area (Å²) in [6.07, 6.45) is 0. The molecule has 0 unspecified atom stereocenters. The molecule has 0 fully saturated rings. The minimum atomic E-state index is -4.84. The zero-order valence-corrected chi connectivity index (χ0v) is 13.0. The Labute approximate surface area is 132 Å². The van der Waals surface area contributed by atoms with Crippen molar-refractivity contribution >= 4 is 54.7 Å². The predicted molar refractivity (Wildman–Crippen MR) is 77.7 cm³/mol. The largest absolute Gasteiger partial charge is 0.716 e. The number of thiazole rings is 1. The molecule has 0 amide bonds. The molecule has 3 rings (SSSR count). The van der Waals surface area contributed by atoms with Crippen LogP contribution in [0.1, 0.15) is 5.01 Å². The average molecular weight is 358 g/mol. The maximum atomic E-state index is 10.8. The van der Waals surface area contributed by atoms with Crippen LogP contribution >= 0.6 is 23.1 Å². The quantitative estimate of drug-likeness (QED) is 0.540. The molecule has 0 bridgehead atoms. The highest BCUT2D eigenvalue weighted by atomic mass is 32.3. The molecule has 0 aliphatic carbocycles. The van der Waals surface area contributed by atoms with Crippen molar-refractivity contribution in [3.63, 3.8) is 0 Å². The highest BCUT2D eigenvalue weighted by molar-refractivity contribution is 8.15. The average Bonchev–Trinajstić information content (AvgIpc) is 3.02. The van der Waals surface area contributed by atoms with Gasteiger partial charge < -0.3 is 18.6 Å². The molecule has 2 heterocycles. The number of benzene rings is 1. The van der Waals surface area contributed by atoms with Crippen molar-refractivity contribution in [2.45, 2.75) is 6.04 Å². The van der Waals surface area contributed by atoms with E-state index in [0.717, 1.165) is 0 Å². The molecule has 8 nitrogen and oxygen atoms in total. The molecule has 0 saturated heterocycles. The number of hydrogen-bond donors (Lipinski definition) is 0. The highest BCUT2D eigenvalue weighted by Gasteiger charge is 2.22. The van der Waals surface area contributed by atoms with Gasteiger partial charge in [-0.3, -0.25) is 4.99 Å². The van der Waals surface area contributed by atoms with Crippen molar-refractivity contribution in [1.29, 1.82) is 0 Å². The number of aliphatic imine (C=N–C) groups is 1. The van der Waals surface area contributed by atoms with E-state index in [1.165, 1.54) is 41.3 Å². The van der Waals surface area contributed by atoms with Crippen molar-refractivity contribution in [3.05, 3.63) is 23.2 Å². The summed E-state index contributed by atoms with van der Waals surface area (Å²) in [6.45, 7) is 0. The maximum Gasteiger partial charge on any atom is 0.262 e. The van der Waals surface area contributed by atoms with Gasteiger partial charge in [0.1, 0.15) is 21.8 Å². The third kappa shape index (κ3) is 3.21. The Bertz CT molecular complexity index is 888. The maximum absolute atomic E-state index is 10.8. The van der Waals surface area contributed by atoms with Gasteiger partial charge in [-0.05, 0) is 12.1 Å². The van der Waals surface area contributed by atoms with Crippen LogP contribution < -0.4 is 9.29 Å². The zero-order chi connectivity index (χ0) is 15.9. The van der Waals surface area contributed by atoms with E-state index >= 15 is 0 Å². The molecule has 2 aromatic rings. The molecule has 0 radical (unpaired) electrons. The number of thioether (sulfide) groups is 1. The first kappa shape index (κ1) is 15.2. The van der Waals surface area contributed by atoms with E-state index in [9.17, 15) is 22.9 Å². The number of aromatic nitrogens is 1. The first-order valence-corrected chi connectivity index (χ1v) is 8.93. The van der Waals surface area contributed by atoms with E-state index in [-0.39, 0.29) is 11.5 Å². The second kappa shape index (κ2) is 5.50. The second-order valence-corrected chi connectivity index (χ2v) is 7.24. The van der Waals surface area contributed by atoms with Crippen molar-refractivity contribution < 1.29 is 27.1 Å². The van der Waals surface area contributed by atoms with Gasteiger partial charge in [-0.2, -0.15) is 0 Å². The van der Waals surface area contributed by atoms with Crippen LogP contribution in [-0.2, 0) is 15.2 Å². The standard InChI is InChI=1S/C11H8N2O6S3/c14-11(15)7-4-20-9(13-7)10-12-6-2-1-5(3-8(6)21-10)19-22(16,17)18/h1-3,7H,4H2,(H,14,15)(H,16,17,18)/p-2/t7-/m1/s1. The van der Waals surface area contributed by atoms with Crippen LogP contribution in [0.25, 0.3) is 10.2 Å². The summed E-state index contributed by atoms with van der Waals surface area (Å²) in [4.78, 5) is 19.1. The molecular formula is C11H6N2O6S3-2. The number of fused-ring (bicyclic) bond motifs is 1. The van der Waals surface area contributed by atoms with Gasteiger partial charge in [0.25, 0.3) is 10.4 Å². The number of carbonyl (C=O) groups is 1. The topological polar surface area (TPSA) is 132 Å². The lowest BCUT2D eigenvalue weighted by molar-refractivity contribution is -0.306. The van der Waals surface area contributed by atoms with Crippen molar-refractivity contribution in [3.8, 4) is 5.75 Å². The number of rotatable bonds is 4. The monoisotopic (exact) mass is 358 g/mol. The van der Waals surface area contributed by atoms with Crippen LogP contribution in [0.15, 0.2) is 23.2 Å². The Morgan fingerprint density at radius 3 is 2.82 bits per heavy atom. The molecule has 22 heavy (non-hydrogen) atoms. The van der Waals surface area contributed by atoms with Gasteiger partial charge >= 0.3 is 0 Å². The minimum Gasteiger partial charge on any atom is -0.716 e. The predicted octanol–water partition coefficient (Wildman–Crippen LogP) is -0.253. The molecule has 1 aliphatic heterocycles. The molecular weight excluding hydrogens is 352 g/mol. The van der Waals surface area contributed by atoms with E-state index in [4.69, 9.17) is 0 Å². The Morgan fingerprint density at radius 1 is 1.41 bits per heavy atom. The number of carboxylic acid groups (broad SMARTS) is 1. The summed E-state index contributed by atoms with van der Waals surface area (Å²) in [5, 5.41) is 11.8. The lowest BCUT2D eigenvalue weighted by Gasteiger charge is -2.08. The fourth-order valence-electron chi connectivity index (χ4n) is 1.78. The van der Waals surface area contributed by atoms with Gasteiger partial charge in [0.15, 0.2) is 0 Å². The summed E-state index contributed by atoms with van der Waals surface area (Å²) in [5.41, 5.74) is 0.566. The SMILES string of the molecule is O=C([O-])[C@H]1CSC(c2nc3ccc(OS(=O)(=O)[O-])cc3s2)=N1. The molecule has 11 heteroatoms. The lowest BCUT2D eigenvalue weighted by Crippen LogP contribution is -2.34. The fourth-order valence-corrected chi connectivity index (χ4v) is 4.20. The van der Waals surface area contributed by atoms with Crippen LogP contribution in [0.3, 0.4) is 0 Å². The van der Waals surface area contributed by atoms with E-state index in [0.29, 0.717) is 20.3 Å². The number of nitrogens with zero attached hydrogens (tertiary/aromatic N) is 2. The third-order valence-corrected chi connectivity index (χ3v) is 5.27. The highest BCUT2D eigenvalue weighted by Crippen LogP contribution is 2.31. The van der Waals surface area contributed by atoms with E-state index in [1.807, 2.05) is 0 Å². The van der Waals surface area contributed by atoms with Gasteiger partial charge in [-0.25, -0.2) is 13.4 Å². The van der Waals surface area contributed by atoms with Crippen LogP contribution in [0.5, 0.6) is 5.75 Å². The smallest absolute Gasteiger partial charge is 0.262 e. The van der Waals surface area contributed by atoms with Gasteiger partial charge in [0.05, 0.1) is 16.2 Å². The fraction of sp³-hybridized carbons (Fsp3) is 0.182. The van der Waals surface area contributed by atoms with Crippen LogP contribution in [0, 0.1) is 0 Å². The molecule has 1 aromatic carbocycles. The van der Waals surface area contributed by atoms with E-state index in [2.05, 4.69) is 14.2 Å². The number of carboxylic acids is 1. The molecule has 116 valence electrons. The number of aliphatic carboxylic acids is 1. The van der Waals surface area contributed by atoms with E-state index in [1.54, 1.807) is 0 Å². The number of carbonyl (C=O) groups excluding carboxylic acids is 1. The van der Waals surface area contributed by atoms with E-state index < -0.39 is 22.4 Å². The summed E-state index contributed by atoms with van der Waals surface area (Å²) >= 11 is 2.46. The third-order valence-electron chi connectivity index (χ3n) is 2.66. The normalized spacial score (nSPS) is 18.4. The van der Waals surface area contributed by atoms with Crippen LogP contribution in [-0.4, -0.2) is 40.8 Å². The summed E-state index contributed by atoms with van der Waals surface area (Å²) in [6, 6.07) is 3.31. The van der Waals surface area contributed by atoms with Gasteiger partial charge in [0.2, 0.25) is 0 Å². The molecule has 0 N–H and O–H groups in total. The van der Waals surface area contributed by atoms with Gasteiger partial charge in [-0.1, -0.05) is 0 Å². The minimum absolute atomic E-state index is 0.105. The zero-order valence-electron chi connectivity index (χ0n) is 10.6. The van der Waals surface area contributed by atoms with Crippen molar-refractivity contribution in [1.82, 2.24) is 4.98 Å². The Balaban J connectivity index is 1.94. The van der Waals surface area contributed by atoms with Crippen molar-refractivity contribution in [2.75, 3.05) is 5.75 Å². The molecule has 0 saturated carbocycles. The van der Waals surface area contributed by atoms with Crippen LogP contribution in [0.2, 0.25) is 0 Å². The second-order valence-electron chi connectivity index (χ2n) is 4.22. The lowest BCUT2D eigenvalue weighted by atomic mass is 10.3. The summed E-state index contributed by atoms with van der Waals surface area (Å²) < 4.78 is 36.6. The van der Waals surface area contributed by atoms with Crippen LogP contribution in [0.4, 0.5) is 0 Å². The Morgan fingerprint density at radius 2 is 2.18 bits per heavy atom. The molecule has 1 aliphatic rings. The van der Waals surface area contributed by atoms with Gasteiger partial charge in [0, 0.05) is 11.8 Å². The Hall–Kier alpha value is -1.69. The Kier molecular flexibility index (Phi) is 3.80. The summed E-state index contributed by atoms with van der Waals surface area (Å²) in [5.74, 6) is -1.05. The van der Waals surface area contributed by atoms with Crippen molar-refractivity contribution in [2.24, 2.45) is 4.99 Å². The first-order valence-electron chi connectivity index (χ1n) is 5.79. The molecule has 1 atom stereocenters. The molecule has 0 spiro atoms. The first-order chi connectivity index (χ1) is 10.3. The number of hydrogen-bond acceptors (Lipinski definition) is 10. The van der Waals surface area contributed by atoms with Gasteiger partial charge in [-0.15, -0.1) is 23.1 Å².